The van der Waals surface area contributed by atoms with Gasteiger partial charge in [0.2, 0.25) is 5.91 Å². The van der Waals surface area contributed by atoms with Crippen molar-refractivity contribution >= 4 is 18.0 Å². The van der Waals surface area contributed by atoms with Gasteiger partial charge in [-0.3, -0.25) is 9.59 Å². The molecule has 0 heterocycles. The van der Waals surface area contributed by atoms with E-state index in [-0.39, 0.29) is 18.4 Å². The van der Waals surface area contributed by atoms with Crippen LogP contribution in [0.2, 0.25) is 0 Å². The highest BCUT2D eigenvalue weighted by atomic mass is 16.5. The molecule has 0 unspecified atom stereocenters. The maximum atomic E-state index is 11.8. The second kappa shape index (κ2) is 16.6. The minimum atomic E-state index is -0.340. The Kier molecular flexibility index (Phi) is 14.1. The number of hydrogen-bond donors (Lipinski definition) is 2. The first-order valence-electron chi connectivity index (χ1n) is 11.0. The number of nitrogens with zero attached hydrogens (tertiary/aromatic N) is 1. The Morgan fingerprint density at radius 1 is 0.897 bits per heavy atom. The van der Waals surface area contributed by atoms with Crippen LogP contribution in [0.5, 0.6) is 5.75 Å². The molecule has 0 saturated carbocycles. The number of unbranched alkanes of at least 4 members (excludes halogenated alkanes) is 8. The number of amides is 2. The van der Waals surface area contributed by atoms with Gasteiger partial charge in [-0.2, -0.15) is 5.10 Å². The van der Waals surface area contributed by atoms with Gasteiger partial charge in [0.05, 0.1) is 19.4 Å². The van der Waals surface area contributed by atoms with Crippen molar-refractivity contribution in [2.75, 3.05) is 13.2 Å². The molecule has 0 aromatic heterocycles. The van der Waals surface area contributed by atoms with Gasteiger partial charge in [-0.25, -0.2) is 5.43 Å². The summed E-state index contributed by atoms with van der Waals surface area (Å²) >= 11 is 0. The number of hydrazone groups is 1. The minimum Gasteiger partial charge on any atom is -0.494 e. The first-order valence-corrected chi connectivity index (χ1v) is 11.0. The topological polar surface area (TPSA) is 79.8 Å². The summed E-state index contributed by atoms with van der Waals surface area (Å²) < 4.78 is 5.37. The minimum absolute atomic E-state index is 0.0587. The van der Waals surface area contributed by atoms with Crippen LogP contribution >= 0.6 is 0 Å². The van der Waals surface area contributed by atoms with Gasteiger partial charge in [-0.05, 0) is 43.2 Å². The smallest absolute Gasteiger partial charge is 0.259 e. The molecule has 6 nitrogen and oxygen atoms in total. The van der Waals surface area contributed by atoms with Crippen molar-refractivity contribution in [3.8, 4) is 5.75 Å². The van der Waals surface area contributed by atoms with Crippen LogP contribution in [0, 0.1) is 0 Å². The van der Waals surface area contributed by atoms with Crippen molar-refractivity contribution in [2.45, 2.75) is 78.1 Å². The fraction of sp³-hybridized carbons (Fsp3) is 0.609. The van der Waals surface area contributed by atoms with E-state index in [1.54, 1.807) is 6.21 Å². The first kappa shape index (κ1) is 24.7. The Morgan fingerprint density at radius 2 is 1.52 bits per heavy atom. The highest BCUT2D eigenvalue weighted by molar-refractivity contribution is 5.86. The zero-order chi connectivity index (χ0) is 21.2. The molecule has 0 aliphatic heterocycles. The molecule has 2 amide bonds. The van der Waals surface area contributed by atoms with Gasteiger partial charge in [-0.15, -0.1) is 0 Å². The highest BCUT2D eigenvalue weighted by Gasteiger charge is 2.04. The number of rotatable bonds is 16. The van der Waals surface area contributed by atoms with E-state index in [4.69, 9.17) is 4.74 Å². The molecule has 1 aromatic carbocycles. The molecule has 2 N–H and O–H groups in total. The molecule has 0 aliphatic rings. The summed E-state index contributed by atoms with van der Waals surface area (Å²) in [6.45, 7) is 4.72. The first-order chi connectivity index (χ1) is 14.2. The summed E-state index contributed by atoms with van der Waals surface area (Å²) in [5, 5.41) is 6.54. The van der Waals surface area contributed by atoms with E-state index in [1.165, 1.54) is 44.9 Å². The average molecular weight is 404 g/mol. The average Bonchev–Trinajstić information content (AvgIpc) is 2.72. The number of benzene rings is 1. The molecule has 6 heteroatoms. The summed E-state index contributed by atoms with van der Waals surface area (Å²) in [4.78, 5) is 23.5. The Balaban J connectivity index is 2.05. The molecule has 29 heavy (non-hydrogen) atoms. The lowest BCUT2D eigenvalue weighted by Gasteiger charge is -2.05. The molecule has 0 aliphatic carbocycles. The van der Waals surface area contributed by atoms with E-state index < -0.39 is 0 Å². The zero-order valence-corrected chi connectivity index (χ0v) is 18.0. The second-order valence-corrected chi connectivity index (χ2v) is 7.15. The van der Waals surface area contributed by atoms with Crippen LogP contribution in [0.15, 0.2) is 29.4 Å². The molecule has 1 rings (SSSR count). The van der Waals surface area contributed by atoms with E-state index in [0.717, 1.165) is 24.2 Å². The molecule has 162 valence electrons. The monoisotopic (exact) mass is 403 g/mol. The molecular weight excluding hydrogens is 366 g/mol. The summed E-state index contributed by atoms with van der Waals surface area (Å²) in [5.74, 6) is 0.370. The van der Waals surface area contributed by atoms with Crippen molar-refractivity contribution < 1.29 is 14.3 Å². The van der Waals surface area contributed by atoms with Crippen LogP contribution in [-0.4, -0.2) is 31.2 Å². The lowest BCUT2D eigenvalue weighted by Crippen LogP contribution is -2.34. The van der Waals surface area contributed by atoms with Crippen molar-refractivity contribution in [1.29, 1.82) is 0 Å². The summed E-state index contributed by atoms with van der Waals surface area (Å²) in [6, 6.07) is 7.40. The van der Waals surface area contributed by atoms with Crippen molar-refractivity contribution in [3.63, 3.8) is 0 Å². The summed E-state index contributed by atoms with van der Waals surface area (Å²) in [5.41, 5.74) is 3.27. The maximum absolute atomic E-state index is 11.8. The van der Waals surface area contributed by atoms with Gasteiger partial charge in [0, 0.05) is 6.42 Å². The maximum Gasteiger partial charge on any atom is 0.259 e. The Hall–Kier alpha value is -2.37. The van der Waals surface area contributed by atoms with E-state index in [0.29, 0.717) is 13.0 Å². The third kappa shape index (κ3) is 13.4. The van der Waals surface area contributed by atoms with Gasteiger partial charge in [-0.1, -0.05) is 58.3 Å². The standard InChI is InChI=1S/C23H37N3O3/c1-3-5-6-7-8-9-10-11-12-13-22(27)24-19-23(28)26-25-18-20-14-16-21(17-15-20)29-4-2/h14-18H,3-13,19H2,1-2H3,(H,24,27)(H,26,28)/b25-18-. The van der Waals surface area contributed by atoms with E-state index in [9.17, 15) is 9.59 Å². The van der Waals surface area contributed by atoms with Gasteiger partial charge in [0.15, 0.2) is 0 Å². The number of carbonyl (C=O) groups excluding carboxylic acids is 2. The Labute approximate surface area is 175 Å². The number of carbonyl (C=O) groups is 2. The zero-order valence-electron chi connectivity index (χ0n) is 18.0. The second-order valence-electron chi connectivity index (χ2n) is 7.15. The van der Waals surface area contributed by atoms with Crippen molar-refractivity contribution in [2.24, 2.45) is 5.10 Å². The number of hydrogen-bond acceptors (Lipinski definition) is 4. The van der Waals surface area contributed by atoms with E-state index >= 15 is 0 Å². The molecule has 0 spiro atoms. The van der Waals surface area contributed by atoms with Crippen molar-refractivity contribution in [1.82, 2.24) is 10.7 Å². The SMILES string of the molecule is CCCCCCCCCCCC(=O)NCC(=O)N/N=C\c1ccc(OCC)cc1. The molecule has 0 saturated heterocycles. The fourth-order valence-electron chi connectivity index (χ4n) is 2.90. The molecule has 0 fully saturated rings. The predicted octanol–water partition coefficient (Wildman–Crippen LogP) is 4.57. The van der Waals surface area contributed by atoms with Gasteiger partial charge in [0.1, 0.15) is 5.75 Å². The Morgan fingerprint density at radius 3 is 2.14 bits per heavy atom. The van der Waals surface area contributed by atoms with Gasteiger partial charge < -0.3 is 10.1 Å². The quantitative estimate of drug-likeness (QED) is 0.241. The van der Waals surface area contributed by atoms with Crippen LogP contribution < -0.4 is 15.5 Å². The molecular formula is C23H37N3O3. The van der Waals surface area contributed by atoms with E-state index in [2.05, 4.69) is 22.8 Å². The van der Waals surface area contributed by atoms with Crippen LogP contribution in [0.3, 0.4) is 0 Å². The fourth-order valence-corrected chi connectivity index (χ4v) is 2.90. The highest BCUT2D eigenvalue weighted by Crippen LogP contribution is 2.11. The lowest BCUT2D eigenvalue weighted by atomic mass is 10.1. The summed E-state index contributed by atoms with van der Waals surface area (Å²) in [7, 11) is 0. The molecule has 0 bridgehead atoms. The Bertz CT molecular complexity index is 600. The molecule has 0 radical (unpaired) electrons. The van der Waals surface area contributed by atoms with Gasteiger partial charge in [0.25, 0.3) is 5.91 Å². The van der Waals surface area contributed by atoms with Crippen LogP contribution in [0.25, 0.3) is 0 Å². The molecule has 0 atom stereocenters. The van der Waals surface area contributed by atoms with Crippen molar-refractivity contribution in [3.05, 3.63) is 29.8 Å². The molecule has 1 aromatic rings. The number of nitrogens with one attached hydrogen (secondary N) is 2. The lowest BCUT2D eigenvalue weighted by molar-refractivity contribution is -0.126. The van der Waals surface area contributed by atoms with Crippen LogP contribution in [0.1, 0.15) is 83.6 Å². The van der Waals surface area contributed by atoms with E-state index in [1.807, 2.05) is 31.2 Å². The largest absolute Gasteiger partial charge is 0.494 e. The number of ether oxygens (including phenoxy) is 1. The van der Waals surface area contributed by atoms with Crippen LogP contribution in [-0.2, 0) is 9.59 Å². The summed E-state index contributed by atoms with van der Waals surface area (Å²) in [6.07, 6.45) is 13.0. The third-order valence-electron chi connectivity index (χ3n) is 4.55. The predicted molar refractivity (Wildman–Crippen MR) is 118 cm³/mol. The van der Waals surface area contributed by atoms with Gasteiger partial charge >= 0.3 is 0 Å². The van der Waals surface area contributed by atoms with Crippen LogP contribution in [0.4, 0.5) is 0 Å². The normalized spacial score (nSPS) is 10.8. The third-order valence-corrected chi connectivity index (χ3v) is 4.55.